The SMILES string of the molecule is O=C1CC(CC2CC3C=CC2(C24C=CC(C2)C(C(=O)OC2CCOC2=O)C4)C3)CO1. The molecular formula is C24H28O6. The van der Waals surface area contributed by atoms with Gasteiger partial charge in [0.15, 0.2) is 0 Å². The van der Waals surface area contributed by atoms with Gasteiger partial charge in [-0.05, 0) is 55.3 Å². The normalized spacial score (nSPS) is 47.9. The Bertz CT molecular complexity index is 860. The molecule has 6 aliphatic rings. The van der Waals surface area contributed by atoms with Crippen molar-refractivity contribution in [1.82, 2.24) is 0 Å². The van der Waals surface area contributed by atoms with Gasteiger partial charge in [0, 0.05) is 17.8 Å². The summed E-state index contributed by atoms with van der Waals surface area (Å²) < 4.78 is 15.7. The van der Waals surface area contributed by atoms with E-state index in [1.807, 2.05) is 0 Å². The van der Waals surface area contributed by atoms with E-state index in [1.54, 1.807) is 0 Å². The van der Waals surface area contributed by atoms with Crippen molar-refractivity contribution < 1.29 is 28.6 Å². The first-order valence-corrected chi connectivity index (χ1v) is 11.4. The number of rotatable bonds is 5. The molecule has 6 nitrogen and oxygen atoms in total. The lowest BCUT2D eigenvalue weighted by molar-refractivity contribution is -0.164. The van der Waals surface area contributed by atoms with E-state index in [0.717, 1.165) is 25.7 Å². The summed E-state index contributed by atoms with van der Waals surface area (Å²) in [6, 6.07) is 0. The van der Waals surface area contributed by atoms with E-state index in [9.17, 15) is 14.4 Å². The fourth-order valence-electron chi connectivity index (χ4n) is 7.56. The molecule has 4 fully saturated rings. The van der Waals surface area contributed by atoms with Crippen LogP contribution < -0.4 is 0 Å². The first-order valence-electron chi connectivity index (χ1n) is 11.4. The van der Waals surface area contributed by atoms with Crippen molar-refractivity contribution in [2.45, 2.75) is 51.0 Å². The van der Waals surface area contributed by atoms with Crippen LogP contribution in [0.25, 0.3) is 0 Å². The lowest BCUT2D eigenvalue weighted by atomic mass is 9.56. The predicted octanol–water partition coefficient (Wildman–Crippen LogP) is 2.96. The third-order valence-electron chi connectivity index (χ3n) is 8.87. The van der Waals surface area contributed by atoms with Crippen molar-refractivity contribution in [2.75, 3.05) is 13.2 Å². The highest BCUT2D eigenvalue weighted by Crippen LogP contribution is 2.72. The van der Waals surface area contributed by atoms with Crippen molar-refractivity contribution in [2.24, 2.45) is 40.4 Å². The smallest absolute Gasteiger partial charge is 0.347 e. The first-order chi connectivity index (χ1) is 14.5. The molecule has 4 bridgehead atoms. The molecule has 0 spiro atoms. The van der Waals surface area contributed by atoms with Crippen LogP contribution in [0, 0.1) is 40.4 Å². The Labute approximate surface area is 176 Å². The molecule has 160 valence electrons. The minimum Gasteiger partial charge on any atom is -0.465 e. The molecule has 2 saturated heterocycles. The molecule has 8 unspecified atom stereocenters. The molecule has 4 aliphatic carbocycles. The Kier molecular flexibility index (Phi) is 4.00. The Morgan fingerprint density at radius 1 is 1.13 bits per heavy atom. The summed E-state index contributed by atoms with van der Waals surface area (Å²) in [5, 5.41) is 0. The minimum atomic E-state index is -0.732. The lowest BCUT2D eigenvalue weighted by Crippen LogP contribution is -2.41. The van der Waals surface area contributed by atoms with E-state index in [1.165, 1.54) is 6.42 Å². The Hall–Kier alpha value is -2.11. The topological polar surface area (TPSA) is 78.9 Å². The number of fused-ring (bicyclic) bond motifs is 5. The number of esters is 3. The average Bonchev–Trinajstić information content (AvgIpc) is 3.53. The predicted molar refractivity (Wildman–Crippen MR) is 105 cm³/mol. The van der Waals surface area contributed by atoms with Crippen LogP contribution in [-0.2, 0) is 28.6 Å². The third kappa shape index (κ3) is 2.58. The van der Waals surface area contributed by atoms with Gasteiger partial charge < -0.3 is 14.2 Å². The monoisotopic (exact) mass is 412 g/mol. The van der Waals surface area contributed by atoms with Gasteiger partial charge in [-0.15, -0.1) is 0 Å². The third-order valence-corrected chi connectivity index (χ3v) is 8.87. The van der Waals surface area contributed by atoms with Crippen LogP contribution in [0.3, 0.4) is 0 Å². The Balaban J connectivity index is 1.22. The van der Waals surface area contributed by atoms with Gasteiger partial charge in [0.1, 0.15) is 0 Å². The lowest BCUT2D eigenvalue weighted by Gasteiger charge is -2.47. The van der Waals surface area contributed by atoms with E-state index in [-0.39, 0.29) is 34.6 Å². The molecule has 0 N–H and O–H groups in total. The fraction of sp³-hybridized carbons (Fsp3) is 0.708. The van der Waals surface area contributed by atoms with Crippen molar-refractivity contribution in [1.29, 1.82) is 0 Å². The van der Waals surface area contributed by atoms with Crippen LogP contribution in [0.4, 0.5) is 0 Å². The van der Waals surface area contributed by atoms with Crippen molar-refractivity contribution >= 4 is 17.9 Å². The number of carbonyl (C=O) groups is 3. The summed E-state index contributed by atoms with van der Waals surface area (Å²) in [7, 11) is 0. The summed E-state index contributed by atoms with van der Waals surface area (Å²) in [5.74, 6) is 0.734. The summed E-state index contributed by atoms with van der Waals surface area (Å²) in [6.45, 7) is 0.886. The molecule has 2 aliphatic heterocycles. The maximum atomic E-state index is 13.0. The molecule has 2 saturated carbocycles. The molecule has 0 aromatic rings. The van der Waals surface area contributed by atoms with Gasteiger partial charge >= 0.3 is 17.9 Å². The van der Waals surface area contributed by atoms with Crippen LogP contribution in [0.15, 0.2) is 24.3 Å². The summed E-state index contributed by atoms with van der Waals surface area (Å²) in [5.41, 5.74) is 0.0449. The van der Waals surface area contributed by atoms with Gasteiger partial charge in [-0.2, -0.15) is 0 Å². The number of hydrogen-bond acceptors (Lipinski definition) is 6. The maximum Gasteiger partial charge on any atom is 0.347 e. The number of ether oxygens (including phenoxy) is 3. The van der Waals surface area contributed by atoms with Crippen LogP contribution in [0.1, 0.15) is 44.9 Å². The number of allylic oxidation sites excluding steroid dienone is 4. The van der Waals surface area contributed by atoms with E-state index in [4.69, 9.17) is 14.2 Å². The van der Waals surface area contributed by atoms with Gasteiger partial charge in [-0.1, -0.05) is 24.3 Å². The van der Waals surface area contributed by atoms with Gasteiger partial charge in [0.05, 0.1) is 25.6 Å². The summed E-state index contributed by atoms with van der Waals surface area (Å²) >= 11 is 0. The minimum absolute atomic E-state index is 0.0204. The molecule has 6 rings (SSSR count). The highest BCUT2D eigenvalue weighted by molar-refractivity contribution is 5.82. The van der Waals surface area contributed by atoms with Crippen molar-refractivity contribution in [3.8, 4) is 0 Å². The van der Waals surface area contributed by atoms with Crippen LogP contribution in [0.5, 0.6) is 0 Å². The Morgan fingerprint density at radius 2 is 2.03 bits per heavy atom. The summed E-state index contributed by atoms with van der Waals surface area (Å²) in [4.78, 5) is 36.3. The molecule has 0 radical (unpaired) electrons. The van der Waals surface area contributed by atoms with Gasteiger partial charge in [-0.25, -0.2) is 4.79 Å². The highest BCUT2D eigenvalue weighted by Gasteiger charge is 2.65. The molecule has 2 heterocycles. The summed E-state index contributed by atoms with van der Waals surface area (Å²) in [6.07, 6.45) is 14.8. The number of carbonyl (C=O) groups excluding carboxylic acids is 3. The second-order valence-corrected chi connectivity index (χ2v) is 10.4. The number of cyclic esters (lactones) is 2. The van der Waals surface area contributed by atoms with E-state index < -0.39 is 12.1 Å². The van der Waals surface area contributed by atoms with Crippen LogP contribution in [-0.4, -0.2) is 37.2 Å². The molecule has 8 atom stereocenters. The van der Waals surface area contributed by atoms with Crippen molar-refractivity contribution in [3.05, 3.63) is 24.3 Å². The van der Waals surface area contributed by atoms with Gasteiger partial charge in [0.2, 0.25) is 6.10 Å². The second-order valence-electron chi connectivity index (χ2n) is 10.4. The fourth-order valence-corrected chi connectivity index (χ4v) is 7.56. The standard InChI is InChI=1S/C24H28O6/c25-20-9-15(13-29-20)8-17-7-14-1-5-24(17,10-14)23-4-2-16(11-23)18(12-23)21(26)30-19-3-6-28-22(19)27/h1-2,4-5,14-19H,3,6-13H2. The Morgan fingerprint density at radius 3 is 2.77 bits per heavy atom. The van der Waals surface area contributed by atoms with E-state index in [0.29, 0.717) is 43.8 Å². The van der Waals surface area contributed by atoms with E-state index >= 15 is 0 Å². The highest BCUT2D eigenvalue weighted by atomic mass is 16.6. The zero-order valence-corrected chi connectivity index (χ0v) is 17.1. The van der Waals surface area contributed by atoms with Gasteiger partial charge in [0.25, 0.3) is 0 Å². The van der Waals surface area contributed by atoms with E-state index in [2.05, 4.69) is 24.3 Å². The average molecular weight is 412 g/mol. The zero-order chi connectivity index (χ0) is 20.5. The van der Waals surface area contributed by atoms with Crippen molar-refractivity contribution in [3.63, 3.8) is 0 Å². The second kappa shape index (κ2) is 6.44. The first kappa shape index (κ1) is 18.6. The largest absolute Gasteiger partial charge is 0.465 e. The molecule has 0 aromatic heterocycles. The molecule has 6 heteroatoms. The zero-order valence-electron chi connectivity index (χ0n) is 17.1. The van der Waals surface area contributed by atoms with Crippen LogP contribution >= 0.6 is 0 Å². The number of hydrogen-bond donors (Lipinski definition) is 0. The maximum absolute atomic E-state index is 13.0. The van der Waals surface area contributed by atoms with Crippen LogP contribution in [0.2, 0.25) is 0 Å². The quantitative estimate of drug-likeness (QED) is 0.392. The molecule has 0 amide bonds. The molecular weight excluding hydrogens is 384 g/mol. The van der Waals surface area contributed by atoms with Gasteiger partial charge in [-0.3, -0.25) is 9.59 Å². The molecule has 0 aromatic carbocycles. The molecule has 30 heavy (non-hydrogen) atoms.